The third kappa shape index (κ3) is 4.11. The Kier molecular flexibility index (Phi) is 5.62. The van der Waals surface area contributed by atoms with E-state index in [2.05, 4.69) is 37.7 Å². The van der Waals surface area contributed by atoms with E-state index in [0.29, 0.717) is 17.2 Å². The molecule has 0 aliphatic carbocycles. The molecule has 4 rings (SSSR count). The van der Waals surface area contributed by atoms with Crippen LogP contribution in [0.1, 0.15) is 18.8 Å². The van der Waals surface area contributed by atoms with Gasteiger partial charge in [0.15, 0.2) is 11.5 Å². The van der Waals surface area contributed by atoms with Gasteiger partial charge < -0.3 is 20.4 Å². The fourth-order valence-electron chi connectivity index (χ4n) is 3.56. The first-order valence-corrected chi connectivity index (χ1v) is 9.97. The summed E-state index contributed by atoms with van der Waals surface area (Å²) >= 11 is 0. The number of para-hydroxylation sites is 2. The lowest BCUT2D eigenvalue weighted by atomic mass is 10.2. The number of carbonyl (C=O) groups is 2. The largest absolute Gasteiger partial charge is 0.367 e. The van der Waals surface area contributed by atoms with Gasteiger partial charge in [-0.15, -0.1) is 10.2 Å². The number of hydrogen-bond acceptors (Lipinski definition) is 6. The Balaban J connectivity index is 1.43. The number of anilines is 2. The van der Waals surface area contributed by atoms with Gasteiger partial charge in [0.05, 0.1) is 17.4 Å². The molecule has 0 saturated carbocycles. The zero-order valence-electron chi connectivity index (χ0n) is 17.1. The first-order chi connectivity index (χ1) is 14.5. The minimum atomic E-state index is -0.719. The van der Waals surface area contributed by atoms with Crippen LogP contribution in [-0.2, 0) is 9.59 Å². The second kappa shape index (κ2) is 8.50. The molecule has 1 aliphatic rings. The van der Waals surface area contributed by atoms with Crippen molar-refractivity contribution < 1.29 is 9.59 Å². The third-order valence-corrected chi connectivity index (χ3v) is 5.28. The standard InChI is InChI=1S/C21H25N7O2/c1-15(19-25-24-18-9-5-6-10-28(18)19)22-20(29)21(30)23-16-7-3-4-8-17(16)27-13-11-26(2)12-14-27/h3-10,15H,11-14H2,1-2H3,(H,22,29)(H,23,30). The fourth-order valence-corrected chi connectivity index (χ4v) is 3.56. The fraction of sp³-hybridized carbons (Fsp3) is 0.333. The molecule has 1 aromatic carbocycles. The van der Waals surface area contributed by atoms with Crippen LogP contribution in [0.5, 0.6) is 0 Å². The van der Waals surface area contributed by atoms with Gasteiger partial charge in [0.1, 0.15) is 0 Å². The Morgan fingerprint density at radius 1 is 0.967 bits per heavy atom. The van der Waals surface area contributed by atoms with Crippen molar-refractivity contribution in [1.29, 1.82) is 0 Å². The number of pyridine rings is 1. The summed E-state index contributed by atoms with van der Waals surface area (Å²) in [7, 11) is 2.09. The summed E-state index contributed by atoms with van der Waals surface area (Å²) in [6.45, 7) is 5.41. The average Bonchev–Trinajstić information content (AvgIpc) is 3.19. The molecule has 30 heavy (non-hydrogen) atoms. The Bertz CT molecular complexity index is 1060. The normalized spacial score (nSPS) is 15.7. The van der Waals surface area contributed by atoms with Gasteiger partial charge in [0.2, 0.25) is 0 Å². The Labute approximate surface area is 174 Å². The highest BCUT2D eigenvalue weighted by Crippen LogP contribution is 2.26. The van der Waals surface area contributed by atoms with Gasteiger partial charge in [-0.1, -0.05) is 18.2 Å². The van der Waals surface area contributed by atoms with Gasteiger partial charge in [0, 0.05) is 32.4 Å². The maximum atomic E-state index is 12.6. The molecule has 1 atom stereocenters. The van der Waals surface area contributed by atoms with Crippen LogP contribution >= 0.6 is 0 Å². The van der Waals surface area contributed by atoms with E-state index in [1.807, 2.05) is 48.7 Å². The Morgan fingerprint density at radius 3 is 2.50 bits per heavy atom. The first-order valence-electron chi connectivity index (χ1n) is 9.97. The summed E-state index contributed by atoms with van der Waals surface area (Å²) in [6, 6.07) is 12.6. The number of piperazine rings is 1. The molecule has 1 saturated heterocycles. The predicted molar refractivity (Wildman–Crippen MR) is 114 cm³/mol. The van der Waals surface area contributed by atoms with Crippen LogP contribution in [0.3, 0.4) is 0 Å². The molecule has 2 aromatic heterocycles. The van der Waals surface area contributed by atoms with Crippen LogP contribution in [0.15, 0.2) is 48.7 Å². The number of hydrogen-bond donors (Lipinski definition) is 2. The highest BCUT2D eigenvalue weighted by Gasteiger charge is 2.23. The summed E-state index contributed by atoms with van der Waals surface area (Å²) in [6.07, 6.45) is 1.82. The van der Waals surface area contributed by atoms with E-state index in [0.717, 1.165) is 31.9 Å². The van der Waals surface area contributed by atoms with Crippen LogP contribution in [0.4, 0.5) is 11.4 Å². The summed E-state index contributed by atoms with van der Waals surface area (Å²) in [5, 5.41) is 13.7. The van der Waals surface area contributed by atoms with Crippen LogP contribution in [0, 0.1) is 0 Å². The number of nitrogens with one attached hydrogen (secondary N) is 2. The van der Waals surface area contributed by atoms with Crippen LogP contribution in [-0.4, -0.2) is 64.5 Å². The third-order valence-electron chi connectivity index (χ3n) is 5.28. The van der Waals surface area contributed by atoms with Crippen LogP contribution in [0.2, 0.25) is 0 Å². The van der Waals surface area contributed by atoms with Crippen molar-refractivity contribution in [2.75, 3.05) is 43.4 Å². The lowest BCUT2D eigenvalue weighted by Crippen LogP contribution is -2.45. The highest BCUT2D eigenvalue weighted by atomic mass is 16.2. The van der Waals surface area contributed by atoms with E-state index in [1.165, 1.54) is 0 Å². The molecule has 1 aliphatic heterocycles. The van der Waals surface area contributed by atoms with Gasteiger partial charge in [-0.25, -0.2) is 0 Å². The topological polar surface area (TPSA) is 94.9 Å². The molecule has 9 nitrogen and oxygen atoms in total. The van der Waals surface area contributed by atoms with Crippen molar-refractivity contribution in [1.82, 2.24) is 24.8 Å². The monoisotopic (exact) mass is 407 g/mol. The average molecular weight is 407 g/mol. The lowest BCUT2D eigenvalue weighted by molar-refractivity contribution is -0.136. The molecule has 0 spiro atoms. The molecule has 3 aromatic rings. The van der Waals surface area contributed by atoms with Crippen molar-refractivity contribution in [2.45, 2.75) is 13.0 Å². The van der Waals surface area contributed by atoms with Crippen molar-refractivity contribution in [3.63, 3.8) is 0 Å². The highest BCUT2D eigenvalue weighted by molar-refractivity contribution is 6.40. The molecule has 0 bridgehead atoms. The number of aromatic nitrogens is 3. The smallest absolute Gasteiger partial charge is 0.313 e. The molecule has 3 heterocycles. The van der Waals surface area contributed by atoms with Gasteiger partial charge in [0.25, 0.3) is 0 Å². The number of likely N-dealkylation sites (N-methyl/N-ethyl adjacent to an activating group) is 1. The summed E-state index contributed by atoms with van der Waals surface area (Å²) < 4.78 is 1.78. The van der Waals surface area contributed by atoms with Gasteiger partial charge in [-0.3, -0.25) is 14.0 Å². The molecule has 1 fully saturated rings. The van der Waals surface area contributed by atoms with Gasteiger partial charge >= 0.3 is 11.8 Å². The summed E-state index contributed by atoms with van der Waals surface area (Å²) in [5.41, 5.74) is 2.23. The first kappa shape index (κ1) is 19.8. The van der Waals surface area contributed by atoms with E-state index in [-0.39, 0.29) is 0 Å². The molecular weight excluding hydrogens is 382 g/mol. The summed E-state index contributed by atoms with van der Waals surface area (Å²) in [5.74, 6) is -0.870. The van der Waals surface area contributed by atoms with E-state index in [4.69, 9.17) is 0 Å². The maximum Gasteiger partial charge on any atom is 0.313 e. The molecule has 0 radical (unpaired) electrons. The van der Waals surface area contributed by atoms with E-state index in [9.17, 15) is 9.59 Å². The molecule has 9 heteroatoms. The zero-order valence-corrected chi connectivity index (χ0v) is 17.1. The number of nitrogens with zero attached hydrogens (tertiary/aromatic N) is 5. The van der Waals surface area contributed by atoms with Gasteiger partial charge in [-0.2, -0.15) is 0 Å². The van der Waals surface area contributed by atoms with Gasteiger partial charge in [-0.05, 0) is 38.2 Å². The van der Waals surface area contributed by atoms with E-state index >= 15 is 0 Å². The number of fused-ring (bicyclic) bond motifs is 1. The summed E-state index contributed by atoms with van der Waals surface area (Å²) in [4.78, 5) is 29.6. The van der Waals surface area contributed by atoms with Crippen molar-refractivity contribution >= 4 is 28.8 Å². The quantitative estimate of drug-likeness (QED) is 0.633. The van der Waals surface area contributed by atoms with E-state index in [1.54, 1.807) is 11.3 Å². The van der Waals surface area contributed by atoms with Crippen molar-refractivity contribution in [3.8, 4) is 0 Å². The van der Waals surface area contributed by atoms with E-state index < -0.39 is 17.9 Å². The number of amides is 2. The lowest BCUT2D eigenvalue weighted by Gasteiger charge is -2.35. The number of rotatable bonds is 4. The second-order valence-electron chi connectivity index (χ2n) is 7.44. The number of benzene rings is 1. The molecule has 1 unspecified atom stereocenters. The minimum Gasteiger partial charge on any atom is -0.367 e. The van der Waals surface area contributed by atoms with Crippen LogP contribution in [0.25, 0.3) is 5.65 Å². The zero-order chi connectivity index (χ0) is 21.1. The second-order valence-corrected chi connectivity index (χ2v) is 7.44. The molecule has 156 valence electrons. The SMILES string of the molecule is CC(NC(=O)C(=O)Nc1ccccc1N1CCN(C)CC1)c1nnc2ccccn12. The Morgan fingerprint density at radius 2 is 1.70 bits per heavy atom. The van der Waals surface area contributed by atoms with Crippen LogP contribution < -0.4 is 15.5 Å². The molecular formula is C21H25N7O2. The van der Waals surface area contributed by atoms with Crippen molar-refractivity contribution in [3.05, 3.63) is 54.5 Å². The maximum absolute atomic E-state index is 12.6. The molecule has 2 amide bonds. The van der Waals surface area contributed by atoms with Crippen molar-refractivity contribution in [2.24, 2.45) is 0 Å². The number of carbonyl (C=O) groups excluding carboxylic acids is 2. The minimum absolute atomic E-state index is 0.478. The predicted octanol–water partition coefficient (Wildman–Crippen LogP) is 1.30. The Hall–Kier alpha value is -3.46. The molecule has 2 N–H and O–H groups in total.